The van der Waals surface area contributed by atoms with Crippen LogP contribution >= 0.6 is 0 Å². The highest BCUT2D eigenvalue weighted by Crippen LogP contribution is 2.30. The summed E-state index contributed by atoms with van der Waals surface area (Å²) in [5.74, 6) is 1.87. The summed E-state index contributed by atoms with van der Waals surface area (Å²) in [6, 6.07) is 19.3. The molecule has 0 atom stereocenters. The van der Waals surface area contributed by atoms with Gasteiger partial charge in [-0.25, -0.2) is 19.6 Å². The molecule has 0 aliphatic carbocycles. The standard InChI is InChI=1S/C38H48N6O4/c1-37(2,3)47-35(45)39-19-9-7-11-33-41-24-32(44-33)28-16-14-25-13-15-26(21-29(25)22-28)27-17-18-30-31(23-27)43-34(42-30)12-8-10-20-40-36(46)48-38(4,5)6/h13-18,21-24H,7-12,19-20H2,1-6H3,(H,39,45)(H,40,46)(H,41,44)(H,42,43). The highest BCUT2D eigenvalue weighted by molar-refractivity contribution is 5.92. The number of carbonyl (C=O) groups excluding carboxylic acids is 2. The molecule has 2 amide bonds. The molecule has 0 spiro atoms. The first kappa shape index (κ1) is 34.5. The van der Waals surface area contributed by atoms with Gasteiger partial charge in [0.15, 0.2) is 0 Å². The van der Waals surface area contributed by atoms with Crippen LogP contribution in [0.1, 0.15) is 78.9 Å². The van der Waals surface area contributed by atoms with Gasteiger partial charge < -0.3 is 30.1 Å². The second-order valence-corrected chi connectivity index (χ2v) is 14.2. The number of nitrogens with one attached hydrogen (secondary N) is 4. The Labute approximate surface area is 282 Å². The highest BCUT2D eigenvalue weighted by Gasteiger charge is 2.16. The predicted molar refractivity (Wildman–Crippen MR) is 191 cm³/mol. The largest absolute Gasteiger partial charge is 0.444 e. The van der Waals surface area contributed by atoms with Crippen molar-refractivity contribution in [2.75, 3.05) is 13.1 Å². The summed E-state index contributed by atoms with van der Waals surface area (Å²) in [5, 5.41) is 7.94. The second kappa shape index (κ2) is 14.9. The molecule has 0 aliphatic rings. The van der Waals surface area contributed by atoms with Gasteiger partial charge in [0.25, 0.3) is 0 Å². The maximum atomic E-state index is 11.8. The number of fused-ring (bicyclic) bond motifs is 2. The van der Waals surface area contributed by atoms with Gasteiger partial charge in [-0.2, -0.15) is 0 Å². The molecule has 0 saturated heterocycles. The van der Waals surface area contributed by atoms with Gasteiger partial charge in [-0.3, -0.25) is 0 Å². The van der Waals surface area contributed by atoms with Crippen molar-refractivity contribution in [3.8, 4) is 22.4 Å². The van der Waals surface area contributed by atoms with E-state index in [0.717, 1.165) is 89.0 Å². The zero-order valence-corrected chi connectivity index (χ0v) is 29.0. The third kappa shape index (κ3) is 10.1. The third-order valence-corrected chi connectivity index (χ3v) is 7.66. The van der Waals surface area contributed by atoms with Crippen molar-refractivity contribution in [2.45, 2.75) is 91.3 Å². The van der Waals surface area contributed by atoms with Crippen LogP contribution in [-0.2, 0) is 22.3 Å². The minimum absolute atomic E-state index is 0.381. The van der Waals surface area contributed by atoms with E-state index in [4.69, 9.17) is 14.5 Å². The number of H-pyrrole nitrogens is 2. The molecule has 254 valence electrons. The van der Waals surface area contributed by atoms with Crippen LogP contribution in [0, 0.1) is 0 Å². The molecule has 0 aliphatic heterocycles. The number of nitrogens with zero attached hydrogens (tertiary/aromatic N) is 2. The number of benzene rings is 3. The monoisotopic (exact) mass is 652 g/mol. The van der Waals surface area contributed by atoms with E-state index >= 15 is 0 Å². The van der Waals surface area contributed by atoms with Crippen molar-refractivity contribution in [1.82, 2.24) is 30.6 Å². The molecule has 10 heteroatoms. The Morgan fingerprint density at radius 1 is 0.667 bits per heavy atom. The number of ether oxygens (including phenoxy) is 2. The minimum atomic E-state index is -0.495. The number of imidazole rings is 2. The zero-order valence-electron chi connectivity index (χ0n) is 29.0. The summed E-state index contributed by atoms with van der Waals surface area (Å²) >= 11 is 0. The van der Waals surface area contributed by atoms with Crippen LogP contribution in [0.15, 0.2) is 60.8 Å². The van der Waals surface area contributed by atoms with Gasteiger partial charge in [-0.15, -0.1) is 0 Å². The van der Waals surface area contributed by atoms with Crippen molar-refractivity contribution >= 4 is 34.0 Å². The van der Waals surface area contributed by atoms with Crippen molar-refractivity contribution in [2.24, 2.45) is 0 Å². The lowest BCUT2D eigenvalue weighted by molar-refractivity contribution is 0.0515. The van der Waals surface area contributed by atoms with Crippen molar-refractivity contribution in [3.05, 3.63) is 72.4 Å². The van der Waals surface area contributed by atoms with E-state index in [-0.39, 0.29) is 12.2 Å². The quantitative estimate of drug-likeness (QED) is 0.0999. The summed E-state index contributed by atoms with van der Waals surface area (Å²) in [6.45, 7) is 12.3. The lowest BCUT2D eigenvalue weighted by Crippen LogP contribution is -2.33. The average molecular weight is 653 g/mol. The first-order chi connectivity index (χ1) is 22.8. The Balaban J connectivity index is 1.16. The summed E-state index contributed by atoms with van der Waals surface area (Å²) < 4.78 is 10.6. The number of unbranched alkanes of at least 4 members (excludes halogenated alkanes) is 2. The van der Waals surface area contributed by atoms with Gasteiger partial charge in [-0.05, 0) is 113 Å². The molecule has 0 radical (unpaired) electrons. The minimum Gasteiger partial charge on any atom is -0.444 e. The molecular formula is C38H48N6O4. The van der Waals surface area contributed by atoms with Gasteiger partial charge in [0.2, 0.25) is 0 Å². The number of aromatic amines is 2. The Bertz CT molecular complexity index is 1860. The second-order valence-electron chi connectivity index (χ2n) is 14.2. The fourth-order valence-corrected chi connectivity index (χ4v) is 5.43. The fourth-order valence-electron chi connectivity index (χ4n) is 5.43. The lowest BCUT2D eigenvalue weighted by Gasteiger charge is -2.19. The van der Waals surface area contributed by atoms with E-state index in [1.165, 1.54) is 5.39 Å². The summed E-state index contributed by atoms with van der Waals surface area (Å²) in [7, 11) is 0. The van der Waals surface area contributed by atoms with Gasteiger partial charge >= 0.3 is 12.2 Å². The zero-order chi connectivity index (χ0) is 34.3. The molecule has 48 heavy (non-hydrogen) atoms. The van der Waals surface area contributed by atoms with Crippen LogP contribution < -0.4 is 10.6 Å². The van der Waals surface area contributed by atoms with Crippen molar-refractivity contribution in [1.29, 1.82) is 0 Å². The Hall–Kier alpha value is -4.86. The number of aryl methyl sites for hydroxylation is 2. The van der Waals surface area contributed by atoms with Crippen LogP contribution in [0.25, 0.3) is 44.2 Å². The SMILES string of the molecule is CC(C)(C)OC(=O)NCCCCc1ncc(-c2ccc3ccc(-c4ccc5nc(CCCCNC(=O)OC(C)(C)C)[nH]c5c4)cc3c2)[nH]1. The molecule has 2 heterocycles. The summed E-state index contributed by atoms with van der Waals surface area (Å²) in [5.41, 5.74) is 5.28. The molecule has 2 aromatic heterocycles. The number of aromatic nitrogens is 4. The molecule has 5 rings (SSSR count). The van der Waals surface area contributed by atoms with Crippen molar-refractivity contribution in [3.63, 3.8) is 0 Å². The Morgan fingerprint density at radius 3 is 1.88 bits per heavy atom. The van der Waals surface area contributed by atoms with E-state index in [0.29, 0.717) is 13.1 Å². The van der Waals surface area contributed by atoms with Crippen molar-refractivity contribution < 1.29 is 19.1 Å². The van der Waals surface area contributed by atoms with Gasteiger partial charge in [-0.1, -0.05) is 30.3 Å². The fraction of sp³-hybridized carbons (Fsp3) is 0.421. The van der Waals surface area contributed by atoms with E-state index in [2.05, 4.69) is 80.2 Å². The third-order valence-electron chi connectivity index (χ3n) is 7.66. The topological polar surface area (TPSA) is 134 Å². The van der Waals surface area contributed by atoms with Gasteiger partial charge in [0.1, 0.15) is 22.9 Å². The number of hydrogen-bond acceptors (Lipinski definition) is 6. The van der Waals surface area contributed by atoms with Gasteiger partial charge in [0, 0.05) is 31.5 Å². The van der Waals surface area contributed by atoms with Crippen LogP contribution in [0.3, 0.4) is 0 Å². The van der Waals surface area contributed by atoms with Gasteiger partial charge in [0.05, 0.1) is 22.9 Å². The summed E-state index contributed by atoms with van der Waals surface area (Å²) in [4.78, 5) is 40.0. The number of carbonyl (C=O) groups is 2. The van der Waals surface area contributed by atoms with E-state index in [1.54, 1.807) is 0 Å². The number of hydrogen-bond donors (Lipinski definition) is 4. The Kier molecular flexibility index (Phi) is 10.7. The highest BCUT2D eigenvalue weighted by atomic mass is 16.6. The molecule has 10 nitrogen and oxygen atoms in total. The lowest BCUT2D eigenvalue weighted by atomic mass is 9.99. The molecule has 4 N–H and O–H groups in total. The smallest absolute Gasteiger partial charge is 0.407 e. The van der Waals surface area contributed by atoms with Crippen LogP contribution in [0.5, 0.6) is 0 Å². The van der Waals surface area contributed by atoms with E-state index in [9.17, 15) is 9.59 Å². The molecule has 3 aromatic carbocycles. The number of alkyl carbamates (subject to hydrolysis) is 2. The molecular weight excluding hydrogens is 604 g/mol. The molecule has 0 saturated carbocycles. The van der Waals surface area contributed by atoms with E-state index in [1.807, 2.05) is 47.7 Å². The Morgan fingerprint density at radius 2 is 1.23 bits per heavy atom. The normalized spacial score (nSPS) is 12.0. The summed E-state index contributed by atoms with van der Waals surface area (Å²) in [6.07, 6.45) is 6.22. The molecule has 0 bridgehead atoms. The molecule has 5 aromatic rings. The first-order valence-electron chi connectivity index (χ1n) is 16.8. The molecule has 0 fully saturated rings. The first-order valence-corrected chi connectivity index (χ1v) is 16.8. The van der Waals surface area contributed by atoms with Crippen LogP contribution in [-0.4, -0.2) is 56.4 Å². The maximum absolute atomic E-state index is 11.8. The van der Waals surface area contributed by atoms with E-state index < -0.39 is 11.2 Å². The predicted octanol–water partition coefficient (Wildman–Crippen LogP) is 8.47. The maximum Gasteiger partial charge on any atom is 0.407 e. The average Bonchev–Trinajstić information content (AvgIpc) is 3.65. The van der Waals surface area contributed by atoms with Crippen LogP contribution in [0.2, 0.25) is 0 Å². The van der Waals surface area contributed by atoms with Crippen LogP contribution in [0.4, 0.5) is 9.59 Å². The number of rotatable bonds is 12. The number of amides is 2. The molecule has 0 unspecified atom stereocenters.